The quantitative estimate of drug-likeness (QED) is 0.901. The van der Waals surface area contributed by atoms with E-state index in [4.69, 9.17) is 9.15 Å². The predicted octanol–water partition coefficient (Wildman–Crippen LogP) is 1.69. The molecule has 3 rings (SSSR count). The largest absolute Gasteiger partial charge is 0.472 e. The van der Waals surface area contributed by atoms with E-state index in [9.17, 15) is 0 Å². The van der Waals surface area contributed by atoms with Crippen molar-refractivity contribution in [3.05, 3.63) is 24.2 Å². The van der Waals surface area contributed by atoms with Gasteiger partial charge in [-0.25, -0.2) is 0 Å². The zero-order valence-corrected chi connectivity index (χ0v) is 11.8. The number of furan rings is 1. The van der Waals surface area contributed by atoms with E-state index < -0.39 is 0 Å². The molecular formula is C12H20Cl2N2O2. The molecule has 2 aliphatic rings. The van der Waals surface area contributed by atoms with Crippen molar-refractivity contribution in [3.63, 3.8) is 0 Å². The maximum Gasteiger partial charge on any atom is 0.0947 e. The third-order valence-corrected chi connectivity index (χ3v) is 3.54. The molecule has 2 saturated heterocycles. The predicted molar refractivity (Wildman–Crippen MR) is 74.6 cm³/mol. The minimum Gasteiger partial charge on any atom is -0.472 e. The van der Waals surface area contributed by atoms with E-state index in [0.717, 1.165) is 32.8 Å². The Bertz CT molecular complexity index is 333. The van der Waals surface area contributed by atoms with Crippen molar-refractivity contribution >= 4 is 24.8 Å². The van der Waals surface area contributed by atoms with Crippen molar-refractivity contribution in [3.8, 4) is 0 Å². The minimum atomic E-state index is 0. The van der Waals surface area contributed by atoms with Gasteiger partial charge < -0.3 is 14.5 Å². The highest BCUT2D eigenvalue weighted by molar-refractivity contribution is 5.85. The molecule has 2 fully saturated rings. The number of halogens is 2. The van der Waals surface area contributed by atoms with Crippen LogP contribution in [0.2, 0.25) is 0 Å². The van der Waals surface area contributed by atoms with Crippen LogP contribution in [0.4, 0.5) is 0 Å². The van der Waals surface area contributed by atoms with E-state index in [1.807, 2.05) is 12.3 Å². The average Bonchev–Trinajstić information content (AvgIpc) is 2.82. The standard InChI is InChI=1S/C12H18N2O2.2ClH/c1-3-13-7-12-11(1)14(4-6-16-12)8-10-2-5-15-9-10;;/h2,5,9,11-13H,1,3-4,6-8H2;2*1H/t11-,12-;;/m1../s1. The third-order valence-electron chi connectivity index (χ3n) is 3.54. The number of nitrogens with one attached hydrogen (secondary N) is 1. The molecule has 2 atom stereocenters. The highest BCUT2D eigenvalue weighted by Gasteiger charge is 2.33. The van der Waals surface area contributed by atoms with E-state index in [-0.39, 0.29) is 24.8 Å². The van der Waals surface area contributed by atoms with Gasteiger partial charge in [-0.15, -0.1) is 24.8 Å². The third kappa shape index (κ3) is 3.39. The lowest BCUT2D eigenvalue weighted by Crippen LogP contribution is -2.57. The Morgan fingerprint density at radius 2 is 2.28 bits per heavy atom. The molecule has 1 N–H and O–H groups in total. The Hall–Kier alpha value is -0.260. The van der Waals surface area contributed by atoms with Gasteiger partial charge in [0, 0.05) is 31.2 Å². The molecule has 2 aliphatic heterocycles. The smallest absolute Gasteiger partial charge is 0.0947 e. The zero-order valence-electron chi connectivity index (χ0n) is 10.2. The number of hydrogen-bond donors (Lipinski definition) is 1. The Kier molecular flexibility index (Phi) is 6.46. The molecule has 0 amide bonds. The maximum atomic E-state index is 5.80. The van der Waals surface area contributed by atoms with Gasteiger partial charge in [-0.3, -0.25) is 4.90 Å². The van der Waals surface area contributed by atoms with Crippen LogP contribution in [0.5, 0.6) is 0 Å². The van der Waals surface area contributed by atoms with Crippen LogP contribution >= 0.6 is 24.8 Å². The maximum absolute atomic E-state index is 5.80. The molecule has 104 valence electrons. The molecule has 0 radical (unpaired) electrons. The molecule has 0 aliphatic carbocycles. The second-order valence-electron chi connectivity index (χ2n) is 4.57. The van der Waals surface area contributed by atoms with E-state index in [1.54, 1.807) is 6.26 Å². The number of nitrogens with zero attached hydrogens (tertiary/aromatic N) is 1. The summed E-state index contributed by atoms with van der Waals surface area (Å²) in [6.45, 7) is 4.97. The van der Waals surface area contributed by atoms with Gasteiger partial charge in [0.05, 0.1) is 25.2 Å². The van der Waals surface area contributed by atoms with Crippen molar-refractivity contribution in [1.29, 1.82) is 0 Å². The molecule has 4 nitrogen and oxygen atoms in total. The lowest BCUT2D eigenvalue weighted by Gasteiger charge is -2.43. The number of hydrogen-bond acceptors (Lipinski definition) is 4. The van der Waals surface area contributed by atoms with E-state index in [2.05, 4.69) is 10.2 Å². The highest BCUT2D eigenvalue weighted by Crippen LogP contribution is 2.21. The molecular weight excluding hydrogens is 275 g/mol. The number of rotatable bonds is 2. The molecule has 3 heterocycles. The van der Waals surface area contributed by atoms with Crippen LogP contribution in [0.1, 0.15) is 12.0 Å². The van der Waals surface area contributed by atoms with Crippen molar-refractivity contribution in [2.45, 2.75) is 25.1 Å². The van der Waals surface area contributed by atoms with E-state index in [1.165, 1.54) is 12.0 Å². The van der Waals surface area contributed by atoms with E-state index >= 15 is 0 Å². The molecule has 0 aromatic carbocycles. The summed E-state index contributed by atoms with van der Waals surface area (Å²) in [5, 5.41) is 3.39. The molecule has 0 saturated carbocycles. The zero-order chi connectivity index (χ0) is 10.8. The Morgan fingerprint density at radius 1 is 1.39 bits per heavy atom. The number of morpholine rings is 1. The van der Waals surface area contributed by atoms with Crippen LogP contribution in [0.3, 0.4) is 0 Å². The lowest BCUT2D eigenvalue weighted by atomic mass is 9.99. The monoisotopic (exact) mass is 294 g/mol. The fraction of sp³-hybridized carbons (Fsp3) is 0.667. The summed E-state index contributed by atoms with van der Waals surface area (Å²) in [6.07, 6.45) is 5.14. The van der Waals surface area contributed by atoms with Crippen LogP contribution in [0.25, 0.3) is 0 Å². The number of fused-ring (bicyclic) bond motifs is 1. The van der Waals surface area contributed by atoms with Gasteiger partial charge in [-0.2, -0.15) is 0 Å². The summed E-state index contributed by atoms with van der Waals surface area (Å²) in [7, 11) is 0. The van der Waals surface area contributed by atoms with Crippen molar-refractivity contribution < 1.29 is 9.15 Å². The highest BCUT2D eigenvalue weighted by atomic mass is 35.5. The topological polar surface area (TPSA) is 37.6 Å². The first-order valence-corrected chi connectivity index (χ1v) is 6.01. The fourth-order valence-corrected chi connectivity index (χ4v) is 2.70. The molecule has 0 spiro atoms. The molecule has 18 heavy (non-hydrogen) atoms. The Morgan fingerprint density at radius 3 is 3.06 bits per heavy atom. The second-order valence-corrected chi connectivity index (χ2v) is 4.57. The summed E-state index contributed by atoms with van der Waals surface area (Å²) < 4.78 is 10.9. The average molecular weight is 295 g/mol. The van der Waals surface area contributed by atoms with Crippen LogP contribution in [0.15, 0.2) is 23.0 Å². The summed E-state index contributed by atoms with van der Waals surface area (Å²) >= 11 is 0. The van der Waals surface area contributed by atoms with E-state index in [0.29, 0.717) is 12.1 Å². The second kappa shape index (κ2) is 7.36. The van der Waals surface area contributed by atoms with Crippen molar-refractivity contribution in [2.24, 2.45) is 0 Å². The first-order chi connectivity index (χ1) is 7.93. The first-order valence-electron chi connectivity index (χ1n) is 6.01. The lowest BCUT2D eigenvalue weighted by molar-refractivity contribution is -0.0843. The molecule has 1 aromatic rings. The van der Waals surface area contributed by atoms with Gasteiger partial charge in [0.25, 0.3) is 0 Å². The fourth-order valence-electron chi connectivity index (χ4n) is 2.70. The first kappa shape index (κ1) is 15.8. The van der Waals surface area contributed by atoms with Crippen LogP contribution in [-0.4, -0.2) is 43.3 Å². The van der Waals surface area contributed by atoms with Gasteiger partial charge in [0.1, 0.15) is 0 Å². The summed E-state index contributed by atoms with van der Waals surface area (Å²) in [4.78, 5) is 2.53. The van der Waals surface area contributed by atoms with Gasteiger partial charge in [-0.1, -0.05) is 0 Å². The van der Waals surface area contributed by atoms with Gasteiger partial charge in [0.15, 0.2) is 0 Å². The van der Waals surface area contributed by atoms with Crippen LogP contribution in [0, 0.1) is 0 Å². The van der Waals surface area contributed by atoms with Gasteiger partial charge in [0.2, 0.25) is 0 Å². The summed E-state index contributed by atoms with van der Waals surface area (Å²) in [5.74, 6) is 0. The van der Waals surface area contributed by atoms with Crippen molar-refractivity contribution in [1.82, 2.24) is 10.2 Å². The van der Waals surface area contributed by atoms with Crippen LogP contribution in [-0.2, 0) is 11.3 Å². The molecule has 6 heteroatoms. The minimum absolute atomic E-state index is 0. The number of ether oxygens (including phenoxy) is 1. The van der Waals surface area contributed by atoms with Crippen molar-refractivity contribution in [2.75, 3.05) is 26.2 Å². The van der Waals surface area contributed by atoms with Crippen LogP contribution < -0.4 is 5.32 Å². The molecule has 0 bridgehead atoms. The van der Waals surface area contributed by atoms with Gasteiger partial charge >= 0.3 is 0 Å². The molecule has 1 aromatic heterocycles. The summed E-state index contributed by atoms with van der Waals surface area (Å²) in [5.41, 5.74) is 1.26. The van der Waals surface area contributed by atoms with Gasteiger partial charge in [-0.05, 0) is 19.0 Å². The SMILES string of the molecule is Cl.Cl.c1cc(CN2CCO[C@@H]3CNCC[C@H]32)co1. The number of piperidine rings is 1. The Balaban J connectivity index is 0.000000810. The normalized spacial score (nSPS) is 27.8. The Labute approximate surface area is 120 Å². The summed E-state index contributed by atoms with van der Waals surface area (Å²) in [6, 6.07) is 2.62. The molecule has 0 unspecified atom stereocenters.